The van der Waals surface area contributed by atoms with Crippen molar-refractivity contribution in [2.24, 2.45) is 0 Å². The first-order chi connectivity index (χ1) is 10.6. The van der Waals surface area contributed by atoms with E-state index < -0.39 is 12.2 Å². The van der Waals surface area contributed by atoms with Crippen LogP contribution in [-0.4, -0.2) is 43.6 Å². The Hall–Kier alpha value is -2.34. The summed E-state index contributed by atoms with van der Waals surface area (Å²) in [7, 11) is 2.90. The Kier molecular flexibility index (Phi) is 3.85. The molecule has 0 unspecified atom stereocenters. The Labute approximate surface area is 128 Å². The number of carbonyl (C=O) groups excluding carboxylic acids is 2. The van der Waals surface area contributed by atoms with Crippen molar-refractivity contribution < 1.29 is 23.8 Å². The molecule has 0 aromatic heterocycles. The van der Waals surface area contributed by atoms with E-state index in [9.17, 15) is 9.59 Å². The van der Waals surface area contributed by atoms with E-state index in [0.717, 1.165) is 11.3 Å². The van der Waals surface area contributed by atoms with Gasteiger partial charge in [-0.1, -0.05) is 12.1 Å². The second kappa shape index (κ2) is 5.81. The topological polar surface area (TPSA) is 65.1 Å². The molecule has 0 aliphatic carbocycles. The summed E-state index contributed by atoms with van der Waals surface area (Å²) in [5.74, 6) is 0.0671. The van der Waals surface area contributed by atoms with Gasteiger partial charge >= 0.3 is 5.97 Å². The fraction of sp³-hybridized carbons (Fsp3) is 0.375. The van der Waals surface area contributed by atoms with E-state index in [4.69, 9.17) is 9.47 Å². The van der Waals surface area contributed by atoms with Crippen molar-refractivity contribution in [2.45, 2.75) is 18.7 Å². The van der Waals surface area contributed by atoms with Crippen LogP contribution in [0.15, 0.2) is 35.9 Å². The van der Waals surface area contributed by atoms with Crippen LogP contribution in [-0.2, 0) is 19.1 Å². The quantitative estimate of drug-likeness (QED) is 0.624. The number of hydrogen-bond acceptors (Lipinski definition) is 5. The molecule has 2 aliphatic rings. The van der Waals surface area contributed by atoms with Crippen molar-refractivity contribution in [2.75, 3.05) is 20.8 Å². The molecule has 1 aromatic rings. The second-order valence-corrected chi connectivity index (χ2v) is 5.22. The summed E-state index contributed by atoms with van der Waals surface area (Å²) in [6, 6.07) is 7.38. The second-order valence-electron chi connectivity index (χ2n) is 5.22. The maximum Gasteiger partial charge on any atom is 0.330 e. The lowest BCUT2D eigenvalue weighted by Gasteiger charge is -2.22. The van der Waals surface area contributed by atoms with Crippen molar-refractivity contribution >= 4 is 11.9 Å². The van der Waals surface area contributed by atoms with Crippen molar-refractivity contribution in [3.05, 3.63) is 41.5 Å². The van der Waals surface area contributed by atoms with E-state index in [-0.39, 0.29) is 11.9 Å². The SMILES string of the molecule is COC(=O)/C=C1/C[C@H]2CO[C@H](c3ccc(OC)cc3)N2C1=O. The zero-order chi connectivity index (χ0) is 15.7. The van der Waals surface area contributed by atoms with Gasteiger partial charge in [0.15, 0.2) is 6.23 Å². The highest BCUT2D eigenvalue weighted by atomic mass is 16.5. The van der Waals surface area contributed by atoms with Gasteiger partial charge in [-0.2, -0.15) is 0 Å². The minimum absolute atomic E-state index is 0.0319. The number of rotatable bonds is 3. The van der Waals surface area contributed by atoms with E-state index in [2.05, 4.69) is 4.74 Å². The third-order valence-electron chi connectivity index (χ3n) is 3.95. The van der Waals surface area contributed by atoms with Crippen molar-refractivity contribution in [1.82, 2.24) is 4.90 Å². The molecule has 6 nitrogen and oxygen atoms in total. The van der Waals surface area contributed by atoms with Crippen LogP contribution in [0.5, 0.6) is 5.75 Å². The number of methoxy groups -OCH3 is 2. The molecule has 2 heterocycles. The van der Waals surface area contributed by atoms with Crippen molar-refractivity contribution in [3.63, 3.8) is 0 Å². The number of ether oxygens (including phenoxy) is 3. The van der Waals surface area contributed by atoms with Gasteiger partial charge in [-0.25, -0.2) is 4.79 Å². The van der Waals surface area contributed by atoms with Crippen LogP contribution in [0, 0.1) is 0 Å². The lowest BCUT2D eigenvalue weighted by atomic mass is 10.1. The number of amides is 1. The molecule has 1 amide bonds. The molecule has 116 valence electrons. The molecule has 2 saturated heterocycles. The lowest BCUT2D eigenvalue weighted by molar-refractivity contribution is -0.136. The number of hydrogen-bond donors (Lipinski definition) is 0. The maximum absolute atomic E-state index is 12.5. The molecule has 2 fully saturated rings. The fourth-order valence-electron chi connectivity index (χ4n) is 2.84. The first-order valence-electron chi connectivity index (χ1n) is 7.00. The maximum atomic E-state index is 12.5. The largest absolute Gasteiger partial charge is 0.497 e. The van der Waals surface area contributed by atoms with Crippen molar-refractivity contribution in [1.29, 1.82) is 0 Å². The number of carbonyl (C=O) groups is 2. The van der Waals surface area contributed by atoms with Crippen LogP contribution in [0.25, 0.3) is 0 Å². The number of fused-ring (bicyclic) bond motifs is 1. The summed E-state index contributed by atoms with van der Waals surface area (Å²) in [4.78, 5) is 25.5. The number of nitrogens with zero attached hydrogens (tertiary/aromatic N) is 1. The normalized spacial score (nSPS) is 25.5. The molecule has 3 rings (SSSR count). The van der Waals surface area contributed by atoms with Crippen molar-refractivity contribution in [3.8, 4) is 5.75 Å². The standard InChI is InChI=1S/C16H17NO5/c1-20-13-5-3-10(4-6-13)16-17-12(9-22-16)7-11(15(17)19)8-14(18)21-2/h3-6,8,12,16H,7,9H2,1-2H3/b11-8-/t12-,16+/m0/s1. The third kappa shape index (κ3) is 2.46. The summed E-state index contributed by atoms with van der Waals surface area (Å²) in [6.45, 7) is 0.459. The Morgan fingerprint density at radius 2 is 2.05 bits per heavy atom. The van der Waals surface area contributed by atoms with Gasteiger partial charge in [0.05, 0.1) is 26.9 Å². The summed E-state index contributed by atoms with van der Waals surface area (Å²) in [6.07, 6.45) is 1.35. The highest BCUT2D eigenvalue weighted by Crippen LogP contribution is 2.39. The van der Waals surface area contributed by atoms with E-state index in [1.807, 2.05) is 24.3 Å². The van der Waals surface area contributed by atoms with Gasteiger partial charge in [0.25, 0.3) is 5.91 Å². The first-order valence-corrected chi connectivity index (χ1v) is 7.00. The molecule has 0 radical (unpaired) electrons. The fourth-order valence-corrected chi connectivity index (χ4v) is 2.84. The number of esters is 1. The highest BCUT2D eigenvalue weighted by molar-refractivity contribution is 6.01. The zero-order valence-electron chi connectivity index (χ0n) is 12.4. The molecule has 2 atom stereocenters. The Morgan fingerprint density at radius 1 is 1.32 bits per heavy atom. The minimum Gasteiger partial charge on any atom is -0.497 e. The third-order valence-corrected chi connectivity index (χ3v) is 3.95. The Balaban J connectivity index is 1.83. The van der Waals surface area contributed by atoms with Crippen LogP contribution in [0.3, 0.4) is 0 Å². The molecular formula is C16H17NO5. The van der Waals surface area contributed by atoms with Gasteiger partial charge in [-0.05, 0) is 12.1 Å². The molecule has 0 saturated carbocycles. The molecule has 1 aromatic carbocycles. The smallest absolute Gasteiger partial charge is 0.330 e. The van der Waals surface area contributed by atoms with Gasteiger partial charge in [0.1, 0.15) is 5.75 Å². The molecule has 0 spiro atoms. The predicted octanol–water partition coefficient (Wildman–Crippen LogP) is 1.42. The predicted molar refractivity (Wildman–Crippen MR) is 77.0 cm³/mol. The molecule has 22 heavy (non-hydrogen) atoms. The van der Waals surface area contributed by atoms with Gasteiger partial charge in [-0.15, -0.1) is 0 Å². The monoisotopic (exact) mass is 303 g/mol. The van der Waals surface area contributed by atoms with Gasteiger partial charge in [-0.3, -0.25) is 4.79 Å². The average Bonchev–Trinajstić information content (AvgIpc) is 3.08. The minimum atomic E-state index is -0.508. The Morgan fingerprint density at radius 3 is 2.68 bits per heavy atom. The van der Waals surface area contributed by atoms with Crippen LogP contribution >= 0.6 is 0 Å². The summed E-state index contributed by atoms with van der Waals surface area (Å²) >= 11 is 0. The van der Waals surface area contributed by atoms with Crippen LogP contribution in [0.4, 0.5) is 0 Å². The zero-order valence-corrected chi connectivity index (χ0v) is 12.4. The van der Waals surface area contributed by atoms with Crippen LogP contribution in [0.2, 0.25) is 0 Å². The van der Waals surface area contributed by atoms with Gasteiger partial charge in [0, 0.05) is 23.6 Å². The van der Waals surface area contributed by atoms with Crippen LogP contribution in [0.1, 0.15) is 18.2 Å². The summed E-state index contributed by atoms with van der Waals surface area (Å²) in [5, 5.41) is 0. The lowest BCUT2D eigenvalue weighted by Crippen LogP contribution is -2.31. The molecule has 0 N–H and O–H groups in total. The van der Waals surface area contributed by atoms with Crippen LogP contribution < -0.4 is 4.74 Å². The van der Waals surface area contributed by atoms with E-state index in [0.29, 0.717) is 18.6 Å². The molecule has 2 aliphatic heterocycles. The molecule has 0 bridgehead atoms. The molecule has 6 heteroatoms. The average molecular weight is 303 g/mol. The molecular weight excluding hydrogens is 286 g/mol. The summed E-state index contributed by atoms with van der Waals surface area (Å²) < 4.78 is 15.5. The van der Waals surface area contributed by atoms with E-state index in [1.165, 1.54) is 13.2 Å². The van der Waals surface area contributed by atoms with Gasteiger partial charge in [0.2, 0.25) is 0 Å². The summed E-state index contributed by atoms with van der Waals surface area (Å²) in [5.41, 5.74) is 1.36. The first kappa shape index (κ1) is 14.6. The highest BCUT2D eigenvalue weighted by Gasteiger charge is 2.45. The number of benzene rings is 1. The van der Waals surface area contributed by atoms with Gasteiger partial charge < -0.3 is 19.1 Å². The Bertz CT molecular complexity index is 622. The van der Waals surface area contributed by atoms with E-state index in [1.54, 1.807) is 12.0 Å². The van der Waals surface area contributed by atoms with E-state index >= 15 is 0 Å².